The summed E-state index contributed by atoms with van der Waals surface area (Å²) in [5.74, 6) is 0.668. The Morgan fingerprint density at radius 3 is 2.83 bits per heavy atom. The first-order valence-electron chi connectivity index (χ1n) is 7.22. The topological polar surface area (TPSA) is 89.9 Å². The monoisotopic (exact) mass is 346 g/mol. The Morgan fingerprint density at radius 2 is 2.17 bits per heavy atom. The molecular weight excluding hydrogens is 332 g/mol. The number of pyridine rings is 1. The molecule has 3 rings (SSSR count). The summed E-state index contributed by atoms with van der Waals surface area (Å²) in [6.45, 7) is 1.95. The summed E-state index contributed by atoms with van der Waals surface area (Å²) in [4.78, 5) is 22.2. The molecule has 0 spiro atoms. The fourth-order valence-electron chi connectivity index (χ4n) is 2.18. The molecule has 0 N–H and O–H groups in total. The van der Waals surface area contributed by atoms with Gasteiger partial charge < -0.3 is 9.42 Å². The third-order valence-electron chi connectivity index (χ3n) is 3.48. The van der Waals surface area contributed by atoms with Crippen LogP contribution in [0.25, 0.3) is 11.4 Å². The van der Waals surface area contributed by atoms with Gasteiger partial charge >= 0.3 is 0 Å². The lowest BCUT2D eigenvalue weighted by molar-refractivity contribution is -0.134. The van der Waals surface area contributed by atoms with Crippen LogP contribution in [0, 0.1) is 0 Å². The molecule has 3 aromatic rings. The fraction of sp³-hybridized carbons (Fsp3) is 0.267. The number of rotatable bonds is 5. The smallest absolute Gasteiger partial charge is 0.247 e. The van der Waals surface area contributed by atoms with Crippen LogP contribution in [0.15, 0.2) is 41.4 Å². The maximum atomic E-state index is 12.5. The minimum atomic E-state index is -0.481. The Bertz CT molecular complexity index is 831. The van der Waals surface area contributed by atoms with Crippen molar-refractivity contribution in [3.63, 3.8) is 0 Å². The number of hydrogen-bond acceptors (Lipinski definition) is 6. The number of hydrogen-bond donors (Lipinski definition) is 0. The minimum absolute atomic E-state index is 0.140. The Balaban J connectivity index is 1.67. The summed E-state index contributed by atoms with van der Waals surface area (Å²) in [5, 5.41) is 8.45. The summed E-state index contributed by atoms with van der Waals surface area (Å²) < 4.78 is 6.72. The second-order valence-electron chi connectivity index (χ2n) is 5.26. The first-order valence-corrected chi connectivity index (χ1v) is 7.60. The van der Waals surface area contributed by atoms with Crippen LogP contribution in [0.5, 0.6) is 0 Å². The normalized spacial score (nSPS) is 12.1. The van der Waals surface area contributed by atoms with E-state index in [0.717, 1.165) is 5.56 Å². The highest BCUT2D eigenvalue weighted by Crippen LogP contribution is 2.16. The first-order chi connectivity index (χ1) is 11.5. The van der Waals surface area contributed by atoms with Crippen LogP contribution in [0.4, 0.5) is 0 Å². The maximum Gasteiger partial charge on any atom is 0.247 e. The van der Waals surface area contributed by atoms with Gasteiger partial charge in [-0.15, -0.1) is 0 Å². The van der Waals surface area contributed by atoms with Gasteiger partial charge in [-0.2, -0.15) is 10.1 Å². The molecule has 0 saturated carbocycles. The molecule has 0 saturated heterocycles. The van der Waals surface area contributed by atoms with Gasteiger partial charge in [-0.3, -0.25) is 14.5 Å². The highest BCUT2D eigenvalue weighted by atomic mass is 35.5. The zero-order chi connectivity index (χ0) is 17.1. The average molecular weight is 347 g/mol. The average Bonchev–Trinajstić information content (AvgIpc) is 3.23. The van der Waals surface area contributed by atoms with Gasteiger partial charge in [-0.05, 0) is 19.1 Å². The van der Waals surface area contributed by atoms with E-state index in [2.05, 4.69) is 20.2 Å². The summed E-state index contributed by atoms with van der Waals surface area (Å²) in [6.07, 6.45) is 6.40. The SMILES string of the molecule is CC(C(=O)N(C)Cc1nc(-c2ccncc2)no1)n1cc(Cl)cn1. The van der Waals surface area contributed by atoms with Gasteiger partial charge in [-0.25, -0.2) is 0 Å². The van der Waals surface area contributed by atoms with Crippen molar-refractivity contribution in [2.75, 3.05) is 7.05 Å². The standard InChI is InChI=1S/C15H15ClN6O2/c1-10(22-8-12(16)7-18-22)15(23)21(2)9-13-19-14(20-24-13)11-3-5-17-6-4-11/h3-8,10H,9H2,1-2H3. The van der Waals surface area contributed by atoms with E-state index in [1.807, 2.05) is 0 Å². The van der Waals surface area contributed by atoms with Crippen molar-refractivity contribution in [1.29, 1.82) is 0 Å². The Morgan fingerprint density at radius 1 is 1.42 bits per heavy atom. The molecule has 0 aliphatic rings. The summed E-state index contributed by atoms with van der Waals surface area (Å²) in [7, 11) is 1.67. The van der Waals surface area contributed by atoms with E-state index < -0.39 is 6.04 Å². The summed E-state index contributed by atoms with van der Waals surface area (Å²) in [6, 6.07) is 3.09. The van der Waals surface area contributed by atoms with E-state index in [1.54, 1.807) is 44.7 Å². The third-order valence-corrected chi connectivity index (χ3v) is 3.67. The fourth-order valence-corrected chi connectivity index (χ4v) is 2.32. The molecule has 0 radical (unpaired) electrons. The van der Waals surface area contributed by atoms with Crippen LogP contribution in [0.2, 0.25) is 5.02 Å². The van der Waals surface area contributed by atoms with Crippen LogP contribution in [-0.4, -0.2) is 42.8 Å². The molecule has 1 amide bonds. The molecule has 3 heterocycles. The van der Waals surface area contributed by atoms with Gasteiger partial charge in [-0.1, -0.05) is 16.8 Å². The van der Waals surface area contributed by atoms with Crippen LogP contribution < -0.4 is 0 Å². The summed E-state index contributed by atoms with van der Waals surface area (Å²) >= 11 is 5.83. The molecule has 0 bridgehead atoms. The first kappa shape index (κ1) is 16.1. The van der Waals surface area contributed by atoms with E-state index in [1.165, 1.54) is 15.8 Å². The maximum absolute atomic E-state index is 12.5. The molecule has 0 fully saturated rings. The van der Waals surface area contributed by atoms with Gasteiger partial charge in [0.15, 0.2) is 0 Å². The second kappa shape index (κ2) is 6.79. The third kappa shape index (κ3) is 3.43. The van der Waals surface area contributed by atoms with Crippen molar-refractivity contribution in [2.24, 2.45) is 0 Å². The van der Waals surface area contributed by atoms with Crippen molar-refractivity contribution < 1.29 is 9.32 Å². The number of aromatic nitrogens is 5. The molecule has 9 heteroatoms. The zero-order valence-electron chi connectivity index (χ0n) is 13.1. The van der Waals surface area contributed by atoms with Gasteiger partial charge in [0.25, 0.3) is 0 Å². The van der Waals surface area contributed by atoms with E-state index >= 15 is 0 Å². The van der Waals surface area contributed by atoms with Crippen LogP contribution in [0.1, 0.15) is 18.9 Å². The molecule has 24 heavy (non-hydrogen) atoms. The van der Waals surface area contributed by atoms with Crippen LogP contribution in [0.3, 0.4) is 0 Å². The highest BCUT2D eigenvalue weighted by Gasteiger charge is 2.22. The van der Waals surface area contributed by atoms with Crippen molar-refractivity contribution >= 4 is 17.5 Å². The molecule has 1 atom stereocenters. The largest absolute Gasteiger partial charge is 0.337 e. The molecule has 1 unspecified atom stereocenters. The molecule has 124 valence electrons. The highest BCUT2D eigenvalue weighted by molar-refractivity contribution is 6.30. The number of halogens is 1. The molecule has 0 aliphatic heterocycles. The molecular formula is C15H15ClN6O2. The minimum Gasteiger partial charge on any atom is -0.337 e. The molecule has 8 nitrogen and oxygen atoms in total. The number of nitrogens with zero attached hydrogens (tertiary/aromatic N) is 6. The van der Waals surface area contributed by atoms with Gasteiger partial charge in [0, 0.05) is 31.2 Å². The molecule has 0 aromatic carbocycles. The quantitative estimate of drug-likeness (QED) is 0.703. The Hall–Kier alpha value is -2.74. The second-order valence-corrected chi connectivity index (χ2v) is 5.69. The zero-order valence-corrected chi connectivity index (χ0v) is 13.9. The lowest BCUT2D eigenvalue weighted by Crippen LogP contribution is -2.33. The van der Waals surface area contributed by atoms with Crippen LogP contribution >= 0.6 is 11.6 Å². The van der Waals surface area contributed by atoms with Gasteiger partial charge in [0.1, 0.15) is 6.04 Å². The van der Waals surface area contributed by atoms with E-state index in [0.29, 0.717) is 16.7 Å². The lowest BCUT2D eigenvalue weighted by Gasteiger charge is -2.19. The number of carbonyl (C=O) groups is 1. The Kier molecular flexibility index (Phi) is 4.57. The Labute approximate surface area is 143 Å². The lowest BCUT2D eigenvalue weighted by atomic mass is 10.2. The van der Waals surface area contributed by atoms with Crippen molar-refractivity contribution in [3.8, 4) is 11.4 Å². The van der Waals surface area contributed by atoms with E-state index in [4.69, 9.17) is 16.1 Å². The van der Waals surface area contributed by atoms with Crippen molar-refractivity contribution in [2.45, 2.75) is 19.5 Å². The van der Waals surface area contributed by atoms with Crippen molar-refractivity contribution in [1.82, 2.24) is 29.8 Å². The number of likely N-dealkylation sites (N-methyl/N-ethyl adjacent to an activating group) is 1. The van der Waals surface area contributed by atoms with Gasteiger partial charge in [0.2, 0.25) is 17.6 Å². The molecule has 0 aliphatic carbocycles. The number of carbonyl (C=O) groups excluding carboxylic acids is 1. The predicted octanol–water partition coefficient (Wildman–Crippen LogP) is 2.20. The van der Waals surface area contributed by atoms with Crippen molar-refractivity contribution in [3.05, 3.63) is 47.8 Å². The predicted molar refractivity (Wildman–Crippen MR) is 86.0 cm³/mol. The van der Waals surface area contributed by atoms with Crippen LogP contribution in [-0.2, 0) is 11.3 Å². The van der Waals surface area contributed by atoms with Gasteiger partial charge in [0.05, 0.1) is 17.8 Å². The molecule has 3 aromatic heterocycles. The number of amides is 1. The van der Waals surface area contributed by atoms with E-state index in [9.17, 15) is 4.79 Å². The van der Waals surface area contributed by atoms with E-state index in [-0.39, 0.29) is 12.5 Å². The summed E-state index contributed by atoms with van der Waals surface area (Å²) in [5.41, 5.74) is 0.800.